The molecule has 152 valence electrons. The fourth-order valence-electron chi connectivity index (χ4n) is 3.27. The number of aryl methyl sites for hydroxylation is 1. The van der Waals surface area contributed by atoms with Gasteiger partial charge in [-0.3, -0.25) is 4.79 Å². The number of amides is 1. The Morgan fingerprint density at radius 2 is 1.93 bits per heavy atom. The van der Waals surface area contributed by atoms with Gasteiger partial charge in [0.1, 0.15) is 17.4 Å². The van der Waals surface area contributed by atoms with Crippen molar-refractivity contribution >= 4 is 34.6 Å². The highest BCUT2D eigenvalue weighted by Crippen LogP contribution is 2.24. The number of carbonyl (C=O) groups excluding carboxylic acids is 1. The van der Waals surface area contributed by atoms with Crippen LogP contribution < -0.4 is 10.1 Å². The van der Waals surface area contributed by atoms with E-state index in [-0.39, 0.29) is 5.57 Å². The first-order chi connectivity index (χ1) is 14.4. The Bertz CT molecular complexity index is 1140. The lowest BCUT2D eigenvalue weighted by Gasteiger charge is -2.10. The highest BCUT2D eigenvalue weighted by molar-refractivity contribution is 14.1. The lowest BCUT2D eigenvalue weighted by Crippen LogP contribution is -2.23. The summed E-state index contributed by atoms with van der Waals surface area (Å²) in [5.74, 6) is 0.360. The van der Waals surface area contributed by atoms with Gasteiger partial charge in [0.2, 0.25) is 0 Å². The van der Waals surface area contributed by atoms with Crippen LogP contribution in [0.2, 0.25) is 0 Å². The van der Waals surface area contributed by atoms with Crippen molar-refractivity contribution in [2.75, 3.05) is 7.11 Å². The van der Waals surface area contributed by atoms with Gasteiger partial charge in [0, 0.05) is 27.2 Å². The van der Waals surface area contributed by atoms with E-state index >= 15 is 0 Å². The molecule has 0 atom stereocenters. The van der Waals surface area contributed by atoms with E-state index in [0.29, 0.717) is 6.54 Å². The average molecular weight is 511 g/mol. The molecule has 0 bridgehead atoms. The molecule has 3 rings (SSSR count). The lowest BCUT2D eigenvalue weighted by atomic mass is 10.1. The summed E-state index contributed by atoms with van der Waals surface area (Å²) >= 11 is 2.29. The summed E-state index contributed by atoms with van der Waals surface area (Å²) in [7, 11) is 1.61. The molecule has 0 unspecified atom stereocenters. The minimum atomic E-state index is -0.396. The summed E-state index contributed by atoms with van der Waals surface area (Å²) in [5, 5.41) is 12.3. The second kappa shape index (κ2) is 9.63. The van der Waals surface area contributed by atoms with Gasteiger partial charge in [-0.25, -0.2) is 0 Å². The van der Waals surface area contributed by atoms with Crippen molar-refractivity contribution in [1.29, 1.82) is 5.26 Å². The fourth-order valence-corrected chi connectivity index (χ4v) is 3.80. The van der Waals surface area contributed by atoms with Gasteiger partial charge in [-0.1, -0.05) is 18.2 Å². The van der Waals surface area contributed by atoms with E-state index in [1.54, 1.807) is 13.2 Å². The van der Waals surface area contributed by atoms with E-state index in [9.17, 15) is 10.1 Å². The number of halogens is 1. The van der Waals surface area contributed by atoms with Crippen molar-refractivity contribution in [2.45, 2.75) is 20.4 Å². The molecule has 0 aliphatic carbocycles. The fraction of sp³-hybridized carbons (Fsp3) is 0.167. The third kappa shape index (κ3) is 4.92. The van der Waals surface area contributed by atoms with E-state index in [0.717, 1.165) is 37.5 Å². The van der Waals surface area contributed by atoms with Gasteiger partial charge in [-0.05, 0) is 90.0 Å². The summed E-state index contributed by atoms with van der Waals surface area (Å²) in [4.78, 5) is 12.6. The molecule has 0 saturated heterocycles. The molecule has 30 heavy (non-hydrogen) atoms. The zero-order chi connectivity index (χ0) is 21.7. The van der Waals surface area contributed by atoms with Crippen LogP contribution in [0.1, 0.15) is 22.5 Å². The minimum Gasteiger partial charge on any atom is -0.497 e. The highest BCUT2D eigenvalue weighted by atomic mass is 127. The lowest BCUT2D eigenvalue weighted by molar-refractivity contribution is -0.117. The van der Waals surface area contributed by atoms with E-state index in [1.165, 1.54) is 0 Å². The van der Waals surface area contributed by atoms with Crippen molar-refractivity contribution in [3.63, 3.8) is 0 Å². The highest BCUT2D eigenvalue weighted by Gasteiger charge is 2.14. The van der Waals surface area contributed by atoms with Crippen molar-refractivity contribution in [2.24, 2.45) is 0 Å². The Morgan fingerprint density at radius 3 is 2.57 bits per heavy atom. The molecule has 1 amide bonds. The van der Waals surface area contributed by atoms with Crippen LogP contribution in [0.4, 0.5) is 0 Å². The van der Waals surface area contributed by atoms with Crippen LogP contribution in [0.15, 0.2) is 60.2 Å². The summed E-state index contributed by atoms with van der Waals surface area (Å²) in [6.07, 6.45) is 1.65. The van der Waals surface area contributed by atoms with Crippen molar-refractivity contribution in [1.82, 2.24) is 9.88 Å². The zero-order valence-electron chi connectivity index (χ0n) is 17.1. The second-order valence-corrected chi connectivity index (χ2v) is 8.09. The maximum Gasteiger partial charge on any atom is 0.262 e. The van der Waals surface area contributed by atoms with Crippen LogP contribution in [0, 0.1) is 28.7 Å². The topological polar surface area (TPSA) is 67.0 Å². The van der Waals surface area contributed by atoms with E-state index in [4.69, 9.17) is 4.74 Å². The van der Waals surface area contributed by atoms with Crippen molar-refractivity contribution in [3.05, 3.63) is 86.3 Å². The number of hydrogen-bond acceptors (Lipinski definition) is 3. The molecule has 0 saturated carbocycles. The molecule has 6 heteroatoms. The minimum absolute atomic E-state index is 0.0754. The zero-order valence-corrected chi connectivity index (χ0v) is 19.2. The molecule has 2 aromatic carbocycles. The molecule has 0 aliphatic rings. The van der Waals surface area contributed by atoms with Crippen molar-refractivity contribution in [3.8, 4) is 17.5 Å². The Kier molecular flexibility index (Phi) is 6.95. The number of nitrogens with one attached hydrogen (secondary N) is 1. The molecule has 5 nitrogen and oxygen atoms in total. The third-order valence-corrected chi connectivity index (χ3v) is 5.48. The number of carbonyl (C=O) groups is 1. The van der Waals surface area contributed by atoms with Crippen LogP contribution in [0.5, 0.6) is 5.75 Å². The smallest absolute Gasteiger partial charge is 0.262 e. The predicted molar refractivity (Wildman–Crippen MR) is 126 cm³/mol. The van der Waals surface area contributed by atoms with Gasteiger partial charge in [-0.15, -0.1) is 0 Å². The predicted octanol–water partition coefficient (Wildman–Crippen LogP) is 4.93. The first-order valence-electron chi connectivity index (χ1n) is 9.40. The second-order valence-electron chi connectivity index (χ2n) is 6.84. The van der Waals surface area contributed by atoms with Crippen LogP contribution in [0.25, 0.3) is 11.8 Å². The molecular weight excluding hydrogens is 489 g/mol. The number of benzene rings is 2. The van der Waals surface area contributed by atoms with Crippen LogP contribution in [-0.2, 0) is 11.3 Å². The number of methoxy groups -OCH3 is 1. The Balaban J connectivity index is 1.81. The third-order valence-electron chi connectivity index (χ3n) is 4.81. The molecule has 0 aliphatic heterocycles. The summed E-state index contributed by atoms with van der Waals surface area (Å²) in [6.45, 7) is 4.34. The Labute approximate surface area is 190 Å². The normalized spacial score (nSPS) is 11.1. The summed E-state index contributed by atoms with van der Waals surface area (Å²) < 4.78 is 8.40. The summed E-state index contributed by atoms with van der Waals surface area (Å²) in [6, 6.07) is 19.6. The quantitative estimate of drug-likeness (QED) is 0.290. The number of nitrogens with zero attached hydrogens (tertiary/aromatic N) is 2. The van der Waals surface area contributed by atoms with E-state index < -0.39 is 5.91 Å². The maximum absolute atomic E-state index is 12.6. The molecule has 3 aromatic rings. The first-order valence-corrected chi connectivity index (χ1v) is 10.5. The van der Waals surface area contributed by atoms with E-state index in [1.807, 2.05) is 68.4 Å². The van der Waals surface area contributed by atoms with Gasteiger partial charge >= 0.3 is 0 Å². The number of aromatic nitrogens is 1. The Morgan fingerprint density at radius 1 is 1.20 bits per heavy atom. The number of ether oxygens (including phenoxy) is 1. The number of nitriles is 1. The molecule has 0 spiro atoms. The summed E-state index contributed by atoms with van der Waals surface area (Å²) in [5.41, 5.74) is 4.92. The average Bonchev–Trinajstić information content (AvgIpc) is 3.03. The standard InChI is InChI=1S/C24H22IN3O2/c1-16-11-19(17(2)28(16)22-6-4-5-21(25)13-22)12-20(14-26)24(29)27-15-18-7-9-23(30-3)10-8-18/h4-13H,15H2,1-3H3,(H,27,29)/b20-12-. The molecule has 0 fully saturated rings. The molecule has 1 aromatic heterocycles. The van der Waals surface area contributed by atoms with Gasteiger partial charge in [0.15, 0.2) is 0 Å². The van der Waals surface area contributed by atoms with Gasteiger partial charge in [0.05, 0.1) is 7.11 Å². The van der Waals surface area contributed by atoms with Gasteiger partial charge < -0.3 is 14.6 Å². The van der Waals surface area contributed by atoms with Crippen molar-refractivity contribution < 1.29 is 9.53 Å². The number of rotatable bonds is 6. The first kappa shape index (κ1) is 21.7. The maximum atomic E-state index is 12.6. The SMILES string of the molecule is COc1ccc(CNC(=O)/C(C#N)=C\c2cc(C)n(-c3cccc(I)c3)c2C)cc1. The monoisotopic (exact) mass is 511 g/mol. The van der Waals surface area contributed by atoms with Crippen LogP contribution >= 0.6 is 22.6 Å². The largest absolute Gasteiger partial charge is 0.497 e. The molecule has 1 heterocycles. The number of hydrogen-bond donors (Lipinski definition) is 1. The van der Waals surface area contributed by atoms with Crippen LogP contribution in [0.3, 0.4) is 0 Å². The Hall–Kier alpha value is -3.05. The van der Waals surface area contributed by atoms with Gasteiger partial charge in [-0.2, -0.15) is 5.26 Å². The van der Waals surface area contributed by atoms with Gasteiger partial charge in [0.25, 0.3) is 5.91 Å². The molecular formula is C24H22IN3O2. The van der Waals surface area contributed by atoms with E-state index in [2.05, 4.69) is 38.5 Å². The molecule has 1 N–H and O–H groups in total. The van der Waals surface area contributed by atoms with Crippen LogP contribution in [-0.4, -0.2) is 17.6 Å². The molecule has 0 radical (unpaired) electrons.